The molecule has 0 saturated carbocycles. The molecule has 0 unspecified atom stereocenters. The standard InChI is InChI=1S/C13H16N4O/c14-16-15-12-6-4-11(5-7-12)13(18)10-17-8-2-1-3-9-17/h4-7H,1-3,8-10H2. The molecule has 0 N–H and O–H groups in total. The molecule has 94 valence electrons. The van der Waals surface area contributed by atoms with E-state index in [-0.39, 0.29) is 5.78 Å². The first kappa shape index (κ1) is 12.6. The predicted molar refractivity (Wildman–Crippen MR) is 69.9 cm³/mol. The van der Waals surface area contributed by atoms with Crippen molar-refractivity contribution in [3.8, 4) is 0 Å². The number of likely N-dealkylation sites (tertiary alicyclic amines) is 1. The minimum Gasteiger partial charge on any atom is -0.296 e. The van der Waals surface area contributed by atoms with E-state index in [1.807, 2.05) is 0 Å². The lowest BCUT2D eigenvalue weighted by Gasteiger charge is -2.25. The third-order valence-corrected chi connectivity index (χ3v) is 3.17. The van der Waals surface area contributed by atoms with Crippen LogP contribution in [0.4, 0.5) is 5.69 Å². The lowest BCUT2D eigenvalue weighted by molar-refractivity contribution is 0.0916. The SMILES string of the molecule is [N-]=[N+]=Nc1ccc(C(=O)CN2CCCCC2)cc1. The summed E-state index contributed by atoms with van der Waals surface area (Å²) in [4.78, 5) is 16.9. The van der Waals surface area contributed by atoms with Crippen LogP contribution < -0.4 is 0 Å². The molecule has 1 saturated heterocycles. The number of carbonyl (C=O) groups is 1. The van der Waals surface area contributed by atoms with E-state index >= 15 is 0 Å². The number of benzene rings is 1. The van der Waals surface area contributed by atoms with Gasteiger partial charge in [-0.3, -0.25) is 9.69 Å². The highest BCUT2D eigenvalue weighted by atomic mass is 16.1. The molecule has 0 spiro atoms. The largest absolute Gasteiger partial charge is 0.296 e. The van der Waals surface area contributed by atoms with Crippen LogP contribution in [0.3, 0.4) is 0 Å². The molecule has 5 heteroatoms. The van der Waals surface area contributed by atoms with Crippen molar-refractivity contribution in [2.24, 2.45) is 5.11 Å². The molecule has 2 rings (SSSR count). The molecule has 0 radical (unpaired) electrons. The number of azide groups is 1. The van der Waals surface area contributed by atoms with E-state index in [0.717, 1.165) is 13.1 Å². The number of rotatable bonds is 4. The monoisotopic (exact) mass is 244 g/mol. The van der Waals surface area contributed by atoms with Gasteiger partial charge in [-0.05, 0) is 31.5 Å². The fourth-order valence-corrected chi connectivity index (χ4v) is 2.18. The van der Waals surface area contributed by atoms with E-state index in [9.17, 15) is 4.79 Å². The van der Waals surface area contributed by atoms with Gasteiger partial charge >= 0.3 is 0 Å². The van der Waals surface area contributed by atoms with Crippen molar-refractivity contribution in [3.63, 3.8) is 0 Å². The lowest BCUT2D eigenvalue weighted by atomic mass is 10.1. The molecular weight excluding hydrogens is 228 g/mol. The summed E-state index contributed by atoms with van der Waals surface area (Å²) in [6.45, 7) is 2.52. The van der Waals surface area contributed by atoms with Crippen LogP contribution in [0.5, 0.6) is 0 Å². The molecule has 0 atom stereocenters. The second-order valence-electron chi connectivity index (χ2n) is 4.50. The quantitative estimate of drug-likeness (QED) is 0.353. The van der Waals surface area contributed by atoms with Gasteiger partial charge in [-0.15, -0.1) is 0 Å². The number of nitrogens with zero attached hydrogens (tertiary/aromatic N) is 4. The van der Waals surface area contributed by atoms with Gasteiger partial charge in [0.15, 0.2) is 5.78 Å². The molecule has 1 aromatic carbocycles. The average Bonchev–Trinajstić information content (AvgIpc) is 2.41. The fraction of sp³-hybridized carbons (Fsp3) is 0.462. The van der Waals surface area contributed by atoms with E-state index in [4.69, 9.17) is 5.53 Å². The van der Waals surface area contributed by atoms with Crippen LogP contribution >= 0.6 is 0 Å². The summed E-state index contributed by atoms with van der Waals surface area (Å²) in [6.07, 6.45) is 3.64. The smallest absolute Gasteiger partial charge is 0.176 e. The number of Topliss-reactive ketones (excluding diaryl/α,β-unsaturated/α-hetero) is 1. The molecule has 0 bridgehead atoms. The van der Waals surface area contributed by atoms with Gasteiger partial charge < -0.3 is 0 Å². The molecule has 0 aromatic heterocycles. The van der Waals surface area contributed by atoms with Crippen molar-refractivity contribution in [1.29, 1.82) is 0 Å². The molecule has 1 fully saturated rings. The summed E-state index contributed by atoms with van der Waals surface area (Å²) in [5, 5.41) is 3.48. The van der Waals surface area contributed by atoms with E-state index in [1.54, 1.807) is 24.3 Å². The molecule has 0 amide bonds. The summed E-state index contributed by atoms with van der Waals surface area (Å²) in [5.41, 5.74) is 9.51. The first-order valence-corrected chi connectivity index (χ1v) is 6.20. The fourth-order valence-electron chi connectivity index (χ4n) is 2.18. The van der Waals surface area contributed by atoms with Gasteiger partial charge in [-0.2, -0.15) is 0 Å². The van der Waals surface area contributed by atoms with Crippen LogP contribution in [0.2, 0.25) is 0 Å². The molecular formula is C13H16N4O. The number of carbonyl (C=O) groups excluding carboxylic acids is 1. The second-order valence-corrected chi connectivity index (χ2v) is 4.50. The van der Waals surface area contributed by atoms with Gasteiger partial charge in [0.05, 0.1) is 6.54 Å². The first-order chi connectivity index (χ1) is 8.79. The highest BCUT2D eigenvalue weighted by molar-refractivity contribution is 5.97. The van der Waals surface area contributed by atoms with Gasteiger partial charge in [0, 0.05) is 16.2 Å². The van der Waals surface area contributed by atoms with Crippen molar-refractivity contribution >= 4 is 11.5 Å². The Morgan fingerprint density at radius 1 is 1.22 bits per heavy atom. The Labute approximate surface area is 106 Å². The maximum Gasteiger partial charge on any atom is 0.176 e. The molecule has 1 aliphatic heterocycles. The maximum absolute atomic E-state index is 12.0. The molecule has 1 aliphatic rings. The van der Waals surface area contributed by atoms with Gasteiger partial charge in [0.1, 0.15) is 0 Å². The van der Waals surface area contributed by atoms with Crippen molar-refractivity contribution in [1.82, 2.24) is 4.90 Å². The number of piperidine rings is 1. The summed E-state index contributed by atoms with van der Waals surface area (Å²) in [6, 6.07) is 6.78. The molecule has 1 aromatic rings. The Morgan fingerprint density at radius 2 is 1.89 bits per heavy atom. The van der Waals surface area contributed by atoms with Crippen molar-refractivity contribution in [2.75, 3.05) is 19.6 Å². The van der Waals surface area contributed by atoms with Gasteiger partial charge in [-0.1, -0.05) is 35.8 Å². The van der Waals surface area contributed by atoms with Crippen LogP contribution in [0.25, 0.3) is 10.4 Å². The highest BCUT2D eigenvalue weighted by Gasteiger charge is 2.14. The van der Waals surface area contributed by atoms with E-state index < -0.39 is 0 Å². The number of hydrogen-bond donors (Lipinski definition) is 0. The minimum atomic E-state index is 0.129. The molecule has 1 heterocycles. The van der Waals surface area contributed by atoms with Crippen molar-refractivity contribution in [2.45, 2.75) is 19.3 Å². The summed E-state index contributed by atoms with van der Waals surface area (Å²) >= 11 is 0. The van der Waals surface area contributed by atoms with E-state index in [0.29, 0.717) is 17.8 Å². The number of hydrogen-bond acceptors (Lipinski definition) is 3. The van der Waals surface area contributed by atoms with Crippen molar-refractivity contribution in [3.05, 3.63) is 40.3 Å². The third-order valence-electron chi connectivity index (χ3n) is 3.17. The average molecular weight is 244 g/mol. The third kappa shape index (κ3) is 3.32. The maximum atomic E-state index is 12.0. The van der Waals surface area contributed by atoms with Gasteiger partial charge in [-0.25, -0.2) is 0 Å². The van der Waals surface area contributed by atoms with Crippen LogP contribution in [0.1, 0.15) is 29.6 Å². The topological polar surface area (TPSA) is 69.1 Å². The van der Waals surface area contributed by atoms with Gasteiger partial charge in [0.2, 0.25) is 0 Å². The predicted octanol–water partition coefficient (Wildman–Crippen LogP) is 3.30. The van der Waals surface area contributed by atoms with Crippen LogP contribution in [0.15, 0.2) is 29.4 Å². The number of ketones is 1. The summed E-state index contributed by atoms with van der Waals surface area (Å²) < 4.78 is 0. The Bertz CT molecular complexity index is 456. The molecule has 18 heavy (non-hydrogen) atoms. The Morgan fingerprint density at radius 3 is 2.50 bits per heavy atom. The Hall–Kier alpha value is -1.84. The lowest BCUT2D eigenvalue weighted by Crippen LogP contribution is -2.34. The minimum absolute atomic E-state index is 0.129. The molecule has 5 nitrogen and oxygen atoms in total. The summed E-state index contributed by atoms with van der Waals surface area (Å²) in [7, 11) is 0. The summed E-state index contributed by atoms with van der Waals surface area (Å²) in [5.74, 6) is 0.129. The zero-order valence-corrected chi connectivity index (χ0v) is 10.2. The first-order valence-electron chi connectivity index (χ1n) is 6.20. The van der Waals surface area contributed by atoms with E-state index in [2.05, 4.69) is 14.9 Å². The second kappa shape index (κ2) is 6.19. The Kier molecular flexibility index (Phi) is 4.34. The Balaban J connectivity index is 1.97. The van der Waals surface area contributed by atoms with Crippen LogP contribution in [0, 0.1) is 0 Å². The van der Waals surface area contributed by atoms with E-state index in [1.165, 1.54) is 19.3 Å². The van der Waals surface area contributed by atoms with Crippen LogP contribution in [-0.2, 0) is 0 Å². The van der Waals surface area contributed by atoms with Crippen LogP contribution in [-0.4, -0.2) is 30.3 Å². The zero-order chi connectivity index (χ0) is 12.8. The van der Waals surface area contributed by atoms with Crippen molar-refractivity contribution < 1.29 is 4.79 Å². The molecule has 0 aliphatic carbocycles. The van der Waals surface area contributed by atoms with Gasteiger partial charge in [0.25, 0.3) is 0 Å². The highest BCUT2D eigenvalue weighted by Crippen LogP contribution is 2.15. The normalized spacial score (nSPS) is 16.0. The zero-order valence-electron chi connectivity index (χ0n) is 10.2.